The van der Waals surface area contributed by atoms with E-state index in [9.17, 15) is 5.11 Å². The summed E-state index contributed by atoms with van der Waals surface area (Å²) in [5.41, 5.74) is 7.68. The highest BCUT2D eigenvalue weighted by molar-refractivity contribution is 5.42. The summed E-state index contributed by atoms with van der Waals surface area (Å²) in [6, 6.07) is 6.07. The van der Waals surface area contributed by atoms with E-state index < -0.39 is 0 Å². The van der Waals surface area contributed by atoms with Gasteiger partial charge in [-0.1, -0.05) is 19.1 Å². The lowest BCUT2D eigenvalue weighted by atomic mass is 9.82. The smallest absolute Gasteiger partial charge is 0.122 e. The third-order valence-electron chi connectivity index (χ3n) is 3.19. The maximum absolute atomic E-state index is 9.38. The Balaban J connectivity index is 2.37. The minimum Gasteiger partial charge on any atom is -0.493 e. The summed E-state index contributed by atoms with van der Waals surface area (Å²) < 4.78 is 5.44. The van der Waals surface area contributed by atoms with E-state index in [0.717, 1.165) is 24.3 Å². The lowest BCUT2D eigenvalue weighted by molar-refractivity contribution is 0.210. The zero-order valence-corrected chi connectivity index (χ0v) is 8.99. The molecule has 0 spiro atoms. The molecule has 82 valence electrons. The molecule has 1 heterocycles. The Kier molecular flexibility index (Phi) is 2.67. The maximum atomic E-state index is 9.38. The van der Waals surface area contributed by atoms with Gasteiger partial charge >= 0.3 is 0 Å². The Labute approximate surface area is 89.9 Å². The number of ether oxygens (including phenoxy) is 1. The van der Waals surface area contributed by atoms with Crippen molar-refractivity contribution in [3.05, 3.63) is 29.3 Å². The molecule has 0 saturated heterocycles. The standard InChI is InChI=1S/C12H17NO2/c1-12(7-13,8-14)10-2-3-11-9(6-10)4-5-15-11/h2-3,6,14H,4-5,7-8,13H2,1H3. The number of nitrogens with two attached hydrogens (primary N) is 1. The first-order valence-corrected chi connectivity index (χ1v) is 5.27. The molecule has 3 N–H and O–H groups in total. The minimum atomic E-state index is -0.336. The number of rotatable bonds is 3. The van der Waals surface area contributed by atoms with Gasteiger partial charge in [-0.05, 0) is 17.2 Å². The van der Waals surface area contributed by atoms with Crippen molar-refractivity contribution in [1.29, 1.82) is 0 Å². The van der Waals surface area contributed by atoms with E-state index in [0.29, 0.717) is 6.54 Å². The molecule has 3 heteroatoms. The number of hydrogen-bond acceptors (Lipinski definition) is 3. The number of aliphatic hydroxyl groups is 1. The van der Waals surface area contributed by atoms with Gasteiger partial charge in [0, 0.05) is 18.4 Å². The van der Waals surface area contributed by atoms with Crippen LogP contribution >= 0.6 is 0 Å². The monoisotopic (exact) mass is 207 g/mol. The molecule has 0 saturated carbocycles. The molecular formula is C12H17NO2. The lowest BCUT2D eigenvalue weighted by Gasteiger charge is -2.26. The molecule has 0 aliphatic carbocycles. The van der Waals surface area contributed by atoms with Crippen LogP contribution in [0.15, 0.2) is 18.2 Å². The predicted molar refractivity (Wildman–Crippen MR) is 59.1 cm³/mol. The molecule has 1 atom stereocenters. The molecular weight excluding hydrogens is 190 g/mol. The normalized spacial score (nSPS) is 18.1. The van der Waals surface area contributed by atoms with Crippen LogP contribution in [0.1, 0.15) is 18.1 Å². The molecule has 1 aliphatic rings. The quantitative estimate of drug-likeness (QED) is 0.772. The summed E-state index contributed by atoms with van der Waals surface area (Å²) in [4.78, 5) is 0. The molecule has 1 aromatic rings. The number of fused-ring (bicyclic) bond motifs is 1. The van der Waals surface area contributed by atoms with Gasteiger partial charge in [0.2, 0.25) is 0 Å². The van der Waals surface area contributed by atoms with Gasteiger partial charge in [0.15, 0.2) is 0 Å². The van der Waals surface area contributed by atoms with Crippen LogP contribution in [0, 0.1) is 0 Å². The second kappa shape index (κ2) is 3.83. The summed E-state index contributed by atoms with van der Waals surface area (Å²) in [7, 11) is 0. The van der Waals surface area contributed by atoms with Gasteiger partial charge in [0.25, 0.3) is 0 Å². The lowest BCUT2D eigenvalue weighted by Crippen LogP contribution is -2.35. The number of aliphatic hydroxyl groups excluding tert-OH is 1. The number of hydrogen-bond donors (Lipinski definition) is 2. The average Bonchev–Trinajstić information content (AvgIpc) is 2.74. The predicted octanol–water partition coefficient (Wildman–Crippen LogP) is 0.830. The molecule has 0 fully saturated rings. The highest BCUT2D eigenvalue weighted by atomic mass is 16.5. The van der Waals surface area contributed by atoms with Gasteiger partial charge in [-0.3, -0.25) is 0 Å². The zero-order chi connectivity index (χ0) is 10.9. The third kappa shape index (κ3) is 1.73. The van der Waals surface area contributed by atoms with Crippen molar-refractivity contribution in [2.75, 3.05) is 19.8 Å². The Hall–Kier alpha value is -1.06. The second-order valence-electron chi connectivity index (χ2n) is 4.34. The minimum absolute atomic E-state index is 0.0726. The number of benzene rings is 1. The van der Waals surface area contributed by atoms with Crippen LogP contribution in [0.4, 0.5) is 0 Å². The molecule has 2 rings (SSSR count). The van der Waals surface area contributed by atoms with Gasteiger partial charge in [-0.25, -0.2) is 0 Å². The van der Waals surface area contributed by atoms with Gasteiger partial charge in [0.1, 0.15) is 5.75 Å². The fraction of sp³-hybridized carbons (Fsp3) is 0.500. The van der Waals surface area contributed by atoms with E-state index in [2.05, 4.69) is 6.07 Å². The first kappa shape index (κ1) is 10.5. The van der Waals surface area contributed by atoms with Gasteiger partial charge in [-0.2, -0.15) is 0 Å². The molecule has 1 aliphatic heterocycles. The van der Waals surface area contributed by atoms with Crippen molar-refractivity contribution in [3.8, 4) is 5.75 Å². The topological polar surface area (TPSA) is 55.5 Å². The zero-order valence-electron chi connectivity index (χ0n) is 8.99. The fourth-order valence-corrected chi connectivity index (χ4v) is 1.84. The van der Waals surface area contributed by atoms with E-state index in [4.69, 9.17) is 10.5 Å². The van der Waals surface area contributed by atoms with Gasteiger partial charge in [-0.15, -0.1) is 0 Å². The van der Waals surface area contributed by atoms with Crippen LogP contribution < -0.4 is 10.5 Å². The maximum Gasteiger partial charge on any atom is 0.122 e. The van der Waals surface area contributed by atoms with Crippen LogP contribution in [-0.4, -0.2) is 24.9 Å². The fourth-order valence-electron chi connectivity index (χ4n) is 1.84. The first-order chi connectivity index (χ1) is 7.19. The average molecular weight is 207 g/mol. The molecule has 1 unspecified atom stereocenters. The van der Waals surface area contributed by atoms with Crippen LogP contribution in [0.25, 0.3) is 0 Å². The summed E-state index contributed by atoms with van der Waals surface area (Å²) in [5.74, 6) is 0.969. The molecule has 0 radical (unpaired) electrons. The highest BCUT2D eigenvalue weighted by Crippen LogP contribution is 2.30. The van der Waals surface area contributed by atoms with E-state index in [1.165, 1.54) is 5.56 Å². The molecule has 0 aromatic heterocycles. The van der Waals surface area contributed by atoms with Crippen LogP contribution in [-0.2, 0) is 11.8 Å². The summed E-state index contributed by atoms with van der Waals surface area (Å²) in [6.07, 6.45) is 0.954. The summed E-state index contributed by atoms with van der Waals surface area (Å²) in [5, 5.41) is 9.38. The van der Waals surface area contributed by atoms with Crippen molar-refractivity contribution in [1.82, 2.24) is 0 Å². The van der Waals surface area contributed by atoms with E-state index in [1.54, 1.807) is 0 Å². The van der Waals surface area contributed by atoms with Crippen molar-refractivity contribution in [3.63, 3.8) is 0 Å². The Morgan fingerprint density at radius 3 is 3.00 bits per heavy atom. The molecule has 1 aromatic carbocycles. The van der Waals surface area contributed by atoms with E-state index in [-0.39, 0.29) is 12.0 Å². The van der Waals surface area contributed by atoms with Crippen molar-refractivity contribution in [2.45, 2.75) is 18.8 Å². The Bertz CT molecular complexity index is 359. The molecule has 15 heavy (non-hydrogen) atoms. The van der Waals surface area contributed by atoms with Crippen LogP contribution in [0.3, 0.4) is 0 Å². The van der Waals surface area contributed by atoms with E-state index in [1.807, 2.05) is 19.1 Å². The third-order valence-corrected chi connectivity index (χ3v) is 3.19. The van der Waals surface area contributed by atoms with Crippen LogP contribution in [0.2, 0.25) is 0 Å². The second-order valence-corrected chi connectivity index (χ2v) is 4.34. The van der Waals surface area contributed by atoms with Crippen LogP contribution in [0.5, 0.6) is 5.75 Å². The van der Waals surface area contributed by atoms with Gasteiger partial charge in [0.05, 0.1) is 13.2 Å². The SMILES string of the molecule is CC(CN)(CO)c1ccc2c(c1)CCO2. The van der Waals surface area contributed by atoms with Crippen molar-refractivity contribution in [2.24, 2.45) is 5.73 Å². The van der Waals surface area contributed by atoms with E-state index >= 15 is 0 Å². The van der Waals surface area contributed by atoms with Gasteiger partial charge < -0.3 is 15.6 Å². The molecule has 0 bridgehead atoms. The summed E-state index contributed by atoms with van der Waals surface area (Å²) in [6.45, 7) is 3.26. The largest absolute Gasteiger partial charge is 0.493 e. The van der Waals surface area contributed by atoms with Crippen molar-refractivity contribution < 1.29 is 9.84 Å². The summed E-state index contributed by atoms with van der Waals surface area (Å²) >= 11 is 0. The first-order valence-electron chi connectivity index (χ1n) is 5.27. The Morgan fingerprint density at radius 1 is 1.53 bits per heavy atom. The molecule has 0 amide bonds. The molecule has 3 nitrogen and oxygen atoms in total. The highest BCUT2D eigenvalue weighted by Gasteiger charge is 2.25. The van der Waals surface area contributed by atoms with Crippen molar-refractivity contribution >= 4 is 0 Å². The Morgan fingerprint density at radius 2 is 2.33 bits per heavy atom.